The Bertz CT molecular complexity index is 262. The standard InChI is InChI=1S/C16H31NO2/c1-14(2,3)13-11-19-16(12-18-13)7-9-17(10-8-16)15(4,5)6/h13H,7-12H2,1-6H3. The summed E-state index contributed by atoms with van der Waals surface area (Å²) in [7, 11) is 0. The lowest BCUT2D eigenvalue weighted by atomic mass is 9.85. The molecule has 2 aliphatic heterocycles. The Morgan fingerprint density at radius 1 is 1.00 bits per heavy atom. The van der Waals surface area contributed by atoms with Crippen LogP contribution in [0.2, 0.25) is 0 Å². The topological polar surface area (TPSA) is 21.7 Å². The van der Waals surface area contributed by atoms with E-state index in [1.54, 1.807) is 0 Å². The molecule has 0 aromatic rings. The molecule has 0 aliphatic carbocycles. The molecule has 2 rings (SSSR count). The first kappa shape index (κ1) is 15.3. The van der Waals surface area contributed by atoms with Gasteiger partial charge in [-0.1, -0.05) is 20.8 Å². The summed E-state index contributed by atoms with van der Waals surface area (Å²) >= 11 is 0. The van der Waals surface area contributed by atoms with E-state index in [1.807, 2.05) is 0 Å². The Morgan fingerprint density at radius 3 is 1.95 bits per heavy atom. The quantitative estimate of drug-likeness (QED) is 0.674. The van der Waals surface area contributed by atoms with Gasteiger partial charge in [0.15, 0.2) is 0 Å². The van der Waals surface area contributed by atoms with Crippen LogP contribution in [0, 0.1) is 5.41 Å². The lowest BCUT2D eigenvalue weighted by Crippen LogP contribution is -2.57. The molecule has 2 heterocycles. The molecule has 0 saturated carbocycles. The van der Waals surface area contributed by atoms with Crippen molar-refractivity contribution >= 4 is 0 Å². The second kappa shape index (κ2) is 5.01. The Balaban J connectivity index is 1.88. The van der Waals surface area contributed by atoms with Crippen molar-refractivity contribution in [3.05, 3.63) is 0 Å². The fraction of sp³-hybridized carbons (Fsp3) is 1.00. The normalized spacial score (nSPS) is 29.7. The van der Waals surface area contributed by atoms with Crippen LogP contribution in [-0.2, 0) is 9.47 Å². The van der Waals surface area contributed by atoms with E-state index in [-0.39, 0.29) is 22.7 Å². The van der Waals surface area contributed by atoms with E-state index >= 15 is 0 Å². The first-order chi connectivity index (χ1) is 8.62. The minimum atomic E-state index is -0.0104. The molecule has 1 unspecified atom stereocenters. The van der Waals surface area contributed by atoms with Gasteiger partial charge in [0.1, 0.15) is 0 Å². The van der Waals surface area contributed by atoms with E-state index in [1.165, 1.54) is 0 Å². The summed E-state index contributed by atoms with van der Waals surface area (Å²) in [6.45, 7) is 17.3. The Labute approximate surface area is 118 Å². The number of likely N-dealkylation sites (tertiary alicyclic amines) is 1. The van der Waals surface area contributed by atoms with E-state index in [0.29, 0.717) is 0 Å². The van der Waals surface area contributed by atoms with Crippen molar-refractivity contribution in [2.75, 3.05) is 26.3 Å². The molecule has 2 fully saturated rings. The van der Waals surface area contributed by atoms with Crippen LogP contribution >= 0.6 is 0 Å². The zero-order valence-corrected chi connectivity index (χ0v) is 13.6. The maximum atomic E-state index is 6.25. The SMILES string of the molecule is CC(C)(C)C1COC2(CCN(C(C)(C)C)CC2)CO1. The van der Waals surface area contributed by atoms with Crippen molar-refractivity contribution in [2.24, 2.45) is 5.41 Å². The zero-order valence-electron chi connectivity index (χ0n) is 13.6. The van der Waals surface area contributed by atoms with Gasteiger partial charge in [0, 0.05) is 18.6 Å². The maximum Gasteiger partial charge on any atom is 0.0940 e. The van der Waals surface area contributed by atoms with Crippen LogP contribution in [0.15, 0.2) is 0 Å². The summed E-state index contributed by atoms with van der Waals surface area (Å²) < 4.78 is 12.4. The number of nitrogens with zero attached hydrogens (tertiary/aromatic N) is 1. The van der Waals surface area contributed by atoms with Gasteiger partial charge in [-0.25, -0.2) is 0 Å². The highest BCUT2D eigenvalue weighted by molar-refractivity contribution is 4.94. The van der Waals surface area contributed by atoms with Crippen LogP contribution in [0.1, 0.15) is 54.4 Å². The third-order valence-electron chi connectivity index (χ3n) is 4.68. The van der Waals surface area contributed by atoms with Gasteiger partial charge in [-0.3, -0.25) is 4.90 Å². The molecule has 2 aliphatic rings. The van der Waals surface area contributed by atoms with Crippen molar-refractivity contribution in [3.63, 3.8) is 0 Å². The zero-order chi connectivity index (χ0) is 14.3. The molecular formula is C16H31NO2. The van der Waals surface area contributed by atoms with Crippen LogP contribution in [0.25, 0.3) is 0 Å². The van der Waals surface area contributed by atoms with Crippen molar-refractivity contribution < 1.29 is 9.47 Å². The minimum Gasteiger partial charge on any atom is -0.372 e. The molecule has 3 nitrogen and oxygen atoms in total. The molecule has 1 spiro atoms. The Morgan fingerprint density at radius 2 is 1.58 bits per heavy atom. The Kier molecular flexibility index (Phi) is 4.03. The average molecular weight is 269 g/mol. The van der Waals surface area contributed by atoms with Crippen molar-refractivity contribution in [1.29, 1.82) is 0 Å². The average Bonchev–Trinajstić information content (AvgIpc) is 2.27. The fourth-order valence-corrected chi connectivity index (χ4v) is 2.97. The van der Waals surface area contributed by atoms with Crippen LogP contribution in [0.3, 0.4) is 0 Å². The lowest BCUT2D eigenvalue weighted by Gasteiger charge is -2.50. The van der Waals surface area contributed by atoms with Gasteiger partial charge in [-0.15, -0.1) is 0 Å². The third kappa shape index (κ3) is 3.50. The third-order valence-corrected chi connectivity index (χ3v) is 4.68. The number of ether oxygens (including phenoxy) is 2. The Hall–Kier alpha value is -0.120. The first-order valence-corrected chi connectivity index (χ1v) is 7.63. The fourth-order valence-electron chi connectivity index (χ4n) is 2.97. The molecule has 1 atom stereocenters. The molecule has 19 heavy (non-hydrogen) atoms. The minimum absolute atomic E-state index is 0.0104. The van der Waals surface area contributed by atoms with Gasteiger partial charge in [0.05, 0.1) is 24.9 Å². The van der Waals surface area contributed by atoms with E-state index in [2.05, 4.69) is 46.4 Å². The van der Waals surface area contributed by atoms with Crippen LogP contribution in [0.5, 0.6) is 0 Å². The molecule has 0 amide bonds. The highest BCUT2D eigenvalue weighted by Crippen LogP contribution is 2.36. The van der Waals surface area contributed by atoms with Crippen LogP contribution in [-0.4, -0.2) is 48.4 Å². The monoisotopic (exact) mass is 269 g/mol. The number of piperidine rings is 1. The summed E-state index contributed by atoms with van der Waals surface area (Å²) in [6.07, 6.45) is 2.43. The molecule has 0 aromatic heterocycles. The summed E-state index contributed by atoms with van der Waals surface area (Å²) in [5, 5.41) is 0. The van der Waals surface area contributed by atoms with Gasteiger partial charge < -0.3 is 9.47 Å². The molecule has 112 valence electrons. The second-order valence-electron chi connectivity index (χ2n) is 8.32. The van der Waals surface area contributed by atoms with Crippen molar-refractivity contribution in [3.8, 4) is 0 Å². The lowest BCUT2D eigenvalue weighted by molar-refractivity contribution is -0.228. The molecule has 0 bridgehead atoms. The highest BCUT2D eigenvalue weighted by atomic mass is 16.6. The smallest absolute Gasteiger partial charge is 0.0940 e. The summed E-state index contributed by atoms with van der Waals surface area (Å²) in [6, 6.07) is 0. The molecule has 0 aromatic carbocycles. The maximum absolute atomic E-state index is 6.25. The van der Waals surface area contributed by atoms with Crippen molar-refractivity contribution in [1.82, 2.24) is 4.90 Å². The predicted octanol–water partition coefficient (Wildman–Crippen LogP) is 3.08. The molecule has 0 radical (unpaired) electrons. The van der Waals surface area contributed by atoms with Crippen LogP contribution in [0.4, 0.5) is 0 Å². The molecule has 2 saturated heterocycles. The van der Waals surface area contributed by atoms with Crippen LogP contribution < -0.4 is 0 Å². The van der Waals surface area contributed by atoms with Gasteiger partial charge in [-0.05, 0) is 39.0 Å². The number of rotatable bonds is 0. The van der Waals surface area contributed by atoms with E-state index < -0.39 is 0 Å². The van der Waals surface area contributed by atoms with Gasteiger partial charge in [-0.2, -0.15) is 0 Å². The largest absolute Gasteiger partial charge is 0.372 e. The molecular weight excluding hydrogens is 238 g/mol. The molecule has 3 heteroatoms. The van der Waals surface area contributed by atoms with Crippen molar-refractivity contribution in [2.45, 2.75) is 71.6 Å². The highest BCUT2D eigenvalue weighted by Gasteiger charge is 2.43. The first-order valence-electron chi connectivity index (χ1n) is 7.63. The van der Waals surface area contributed by atoms with E-state index in [0.717, 1.165) is 39.1 Å². The number of hydrogen-bond donors (Lipinski definition) is 0. The summed E-state index contributed by atoms with van der Waals surface area (Å²) in [4.78, 5) is 2.55. The number of hydrogen-bond acceptors (Lipinski definition) is 3. The van der Waals surface area contributed by atoms with Gasteiger partial charge >= 0.3 is 0 Å². The summed E-state index contributed by atoms with van der Waals surface area (Å²) in [5.41, 5.74) is 0.433. The molecule has 0 N–H and O–H groups in total. The van der Waals surface area contributed by atoms with Gasteiger partial charge in [0.2, 0.25) is 0 Å². The summed E-state index contributed by atoms with van der Waals surface area (Å²) in [5.74, 6) is 0. The van der Waals surface area contributed by atoms with E-state index in [9.17, 15) is 0 Å². The second-order valence-corrected chi connectivity index (χ2v) is 8.32. The van der Waals surface area contributed by atoms with Gasteiger partial charge in [0.25, 0.3) is 0 Å². The van der Waals surface area contributed by atoms with E-state index in [4.69, 9.17) is 9.47 Å². The predicted molar refractivity (Wildman–Crippen MR) is 78.4 cm³/mol.